The van der Waals surface area contributed by atoms with Crippen molar-refractivity contribution in [1.82, 2.24) is 4.31 Å². The molecule has 1 aliphatic carbocycles. The second-order valence-corrected chi connectivity index (χ2v) is 10.0. The summed E-state index contributed by atoms with van der Waals surface area (Å²) in [6.45, 7) is 0. The van der Waals surface area contributed by atoms with E-state index in [1.807, 2.05) is 44.4 Å². The molecule has 1 saturated carbocycles. The third kappa shape index (κ3) is 4.51. The molecule has 6 nitrogen and oxygen atoms in total. The van der Waals surface area contributed by atoms with Gasteiger partial charge in [-0.05, 0) is 62.5 Å². The summed E-state index contributed by atoms with van der Waals surface area (Å²) in [6, 6.07) is 13.2. The number of nitrogens with one attached hydrogen (secondary N) is 2. The Morgan fingerprint density at radius 2 is 1.69 bits per heavy atom. The standard InChI is InChI=1S/C24H26ClN3O3S/c1-28(2)32-24-16(25)12-13-17(21(24)29)26-19-20(23(31)22(19)30)27-18(15-10-6-7-11-15)14-8-4-3-5-9-14/h3-5,8-9,12-13,15,18,26-27,29H,6-7,10-11H2,1-2H3. The molecule has 0 heterocycles. The first kappa shape index (κ1) is 22.7. The van der Waals surface area contributed by atoms with Crippen LogP contribution in [0.5, 0.6) is 5.75 Å². The molecule has 0 saturated heterocycles. The van der Waals surface area contributed by atoms with Crippen molar-refractivity contribution < 1.29 is 5.11 Å². The lowest BCUT2D eigenvalue weighted by Crippen LogP contribution is -2.38. The van der Waals surface area contributed by atoms with Crippen molar-refractivity contribution in [3.05, 3.63) is 73.5 Å². The molecule has 0 radical (unpaired) electrons. The van der Waals surface area contributed by atoms with Crippen molar-refractivity contribution in [1.29, 1.82) is 0 Å². The van der Waals surface area contributed by atoms with Gasteiger partial charge in [0.2, 0.25) is 0 Å². The SMILES string of the molecule is CN(C)Sc1c(Cl)ccc(Nc2c(NC(c3ccccc3)C3CCCC3)c(=O)c2=O)c1O. The number of halogens is 1. The molecule has 8 heteroatoms. The van der Waals surface area contributed by atoms with Gasteiger partial charge in [0.05, 0.1) is 21.6 Å². The first-order chi connectivity index (χ1) is 15.4. The Balaban J connectivity index is 1.64. The van der Waals surface area contributed by atoms with E-state index in [4.69, 9.17) is 11.6 Å². The number of hydrogen-bond acceptors (Lipinski definition) is 7. The zero-order chi connectivity index (χ0) is 22.8. The summed E-state index contributed by atoms with van der Waals surface area (Å²) in [4.78, 5) is 25.4. The number of phenolic OH excluding ortho intramolecular Hbond substituents is 1. The summed E-state index contributed by atoms with van der Waals surface area (Å²) in [6.07, 6.45) is 4.48. The zero-order valence-electron chi connectivity index (χ0n) is 18.0. The summed E-state index contributed by atoms with van der Waals surface area (Å²) >= 11 is 7.51. The molecule has 1 unspecified atom stereocenters. The molecule has 0 amide bonds. The molecule has 168 valence electrons. The van der Waals surface area contributed by atoms with Crippen molar-refractivity contribution in [2.75, 3.05) is 24.7 Å². The Hall–Kier alpha value is -2.48. The predicted octanol–water partition coefficient (Wildman–Crippen LogP) is 5.30. The number of benzene rings is 2. The summed E-state index contributed by atoms with van der Waals surface area (Å²) in [5, 5.41) is 17.5. The van der Waals surface area contributed by atoms with Crippen LogP contribution < -0.4 is 21.5 Å². The van der Waals surface area contributed by atoms with Crippen LogP contribution in [0.4, 0.5) is 17.1 Å². The number of anilines is 3. The van der Waals surface area contributed by atoms with Gasteiger partial charge in [-0.15, -0.1) is 0 Å². The van der Waals surface area contributed by atoms with E-state index in [-0.39, 0.29) is 23.2 Å². The van der Waals surface area contributed by atoms with Crippen LogP contribution in [0.3, 0.4) is 0 Å². The third-order valence-corrected chi connectivity index (χ3v) is 7.25. The number of hydrogen-bond donors (Lipinski definition) is 3. The van der Waals surface area contributed by atoms with Crippen molar-refractivity contribution in [2.24, 2.45) is 5.92 Å². The minimum absolute atomic E-state index is 0.0544. The molecule has 0 aliphatic heterocycles. The van der Waals surface area contributed by atoms with E-state index in [1.165, 1.54) is 11.9 Å². The van der Waals surface area contributed by atoms with Gasteiger partial charge in [0.1, 0.15) is 11.4 Å². The molecule has 3 aromatic carbocycles. The minimum atomic E-state index is -0.595. The molecule has 3 aromatic rings. The highest BCUT2D eigenvalue weighted by Gasteiger charge is 2.31. The Morgan fingerprint density at radius 3 is 2.34 bits per heavy atom. The summed E-state index contributed by atoms with van der Waals surface area (Å²) in [7, 11) is 3.68. The van der Waals surface area contributed by atoms with E-state index in [0.29, 0.717) is 21.5 Å². The van der Waals surface area contributed by atoms with Gasteiger partial charge in [-0.2, -0.15) is 0 Å². The number of aromatic hydroxyl groups is 1. The lowest BCUT2D eigenvalue weighted by atomic mass is 9.91. The van der Waals surface area contributed by atoms with Gasteiger partial charge >= 0.3 is 0 Å². The van der Waals surface area contributed by atoms with Gasteiger partial charge in [-0.1, -0.05) is 54.8 Å². The Morgan fingerprint density at radius 1 is 1.03 bits per heavy atom. The molecular weight excluding hydrogens is 446 g/mol. The van der Waals surface area contributed by atoms with Crippen molar-refractivity contribution in [3.8, 4) is 5.75 Å². The summed E-state index contributed by atoms with van der Waals surface area (Å²) < 4.78 is 1.81. The number of nitrogens with zero attached hydrogens (tertiary/aromatic N) is 1. The minimum Gasteiger partial charge on any atom is -0.505 e. The van der Waals surface area contributed by atoms with Crippen LogP contribution in [0.15, 0.2) is 56.9 Å². The predicted molar refractivity (Wildman–Crippen MR) is 132 cm³/mol. The van der Waals surface area contributed by atoms with Crippen LogP contribution in [0.2, 0.25) is 5.02 Å². The maximum absolute atomic E-state index is 12.5. The van der Waals surface area contributed by atoms with E-state index in [9.17, 15) is 14.7 Å². The number of phenols is 1. The average molecular weight is 472 g/mol. The van der Waals surface area contributed by atoms with Crippen LogP contribution in [0, 0.1) is 5.92 Å². The topological polar surface area (TPSA) is 81.7 Å². The normalized spacial score (nSPS) is 15.4. The lowest BCUT2D eigenvalue weighted by molar-refractivity contribution is 0.464. The highest BCUT2D eigenvalue weighted by molar-refractivity contribution is 7.97. The lowest BCUT2D eigenvalue weighted by Gasteiger charge is -2.28. The fourth-order valence-corrected chi connectivity index (χ4v) is 5.25. The molecule has 0 bridgehead atoms. The molecule has 32 heavy (non-hydrogen) atoms. The van der Waals surface area contributed by atoms with Gasteiger partial charge in [-0.3, -0.25) is 13.9 Å². The smallest absolute Gasteiger partial charge is 0.253 e. The Kier molecular flexibility index (Phi) is 6.79. The quantitative estimate of drug-likeness (QED) is 0.234. The van der Waals surface area contributed by atoms with Gasteiger partial charge in [0.15, 0.2) is 5.75 Å². The molecule has 1 aliphatic rings. The van der Waals surface area contributed by atoms with Crippen LogP contribution in [-0.4, -0.2) is 23.5 Å². The van der Waals surface area contributed by atoms with Crippen molar-refractivity contribution >= 4 is 40.6 Å². The van der Waals surface area contributed by atoms with Crippen LogP contribution in [-0.2, 0) is 0 Å². The second-order valence-electron chi connectivity index (χ2n) is 8.29. The molecule has 1 fully saturated rings. The van der Waals surface area contributed by atoms with E-state index >= 15 is 0 Å². The van der Waals surface area contributed by atoms with E-state index in [0.717, 1.165) is 31.2 Å². The molecule has 4 rings (SSSR count). The number of rotatable bonds is 8. The summed E-state index contributed by atoms with van der Waals surface area (Å²) in [5.74, 6) is 0.326. The van der Waals surface area contributed by atoms with Gasteiger partial charge in [-0.25, -0.2) is 0 Å². The summed E-state index contributed by atoms with van der Waals surface area (Å²) in [5.41, 5.74) is 0.729. The van der Waals surface area contributed by atoms with Gasteiger partial charge in [0.25, 0.3) is 10.9 Å². The third-order valence-electron chi connectivity index (χ3n) is 5.86. The molecule has 0 spiro atoms. The van der Waals surface area contributed by atoms with Crippen LogP contribution in [0.25, 0.3) is 0 Å². The van der Waals surface area contributed by atoms with Gasteiger partial charge < -0.3 is 15.7 Å². The van der Waals surface area contributed by atoms with E-state index < -0.39 is 10.9 Å². The monoisotopic (exact) mass is 471 g/mol. The zero-order valence-corrected chi connectivity index (χ0v) is 19.6. The average Bonchev–Trinajstić information content (AvgIpc) is 3.32. The van der Waals surface area contributed by atoms with Gasteiger partial charge in [0, 0.05) is 0 Å². The Labute approximate surface area is 196 Å². The molecular formula is C24H26ClN3O3S. The second kappa shape index (κ2) is 9.57. The van der Waals surface area contributed by atoms with Crippen LogP contribution >= 0.6 is 23.5 Å². The highest BCUT2D eigenvalue weighted by Crippen LogP contribution is 2.43. The Bertz CT molecular complexity index is 1170. The molecule has 0 aromatic heterocycles. The largest absolute Gasteiger partial charge is 0.505 e. The van der Waals surface area contributed by atoms with E-state index in [1.54, 1.807) is 16.4 Å². The van der Waals surface area contributed by atoms with E-state index in [2.05, 4.69) is 10.6 Å². The first-order valence-corrected chi connectivity index (χ1v) is 11.8. The maximum atomic E-state index is 12.5. The molecule has 3 N–H and O–H groups in total. The van der Waals surface area contributed by atoms with Crippen molar-refractivity contribution in [3.63, 3.8) is 0 Å². The van der Waals surface area contributed by atoms with Crippen molar-refractivity contribution in [2.45, 2.75) is 36.6 Å². The fourth-order valence-electron chi connectivity index (χ4n) is 4.28. The van der Waals surface area contributed by atoms with Crippen LogP contribution in [0.1, 0.15) is 37.3 Å². The fraction of sp³-hybridized carbons (Fsp3) is 0.333. The maximum Gasteiger partial charge on any atom is 0.253 e. The first-order valence-electron chi connectivity index (χ1n) is 10.7. The highest BCUT2D eigenvalue weighted by atomic mass is 35.5. The molecule has 1 atom stereocenters.